The lowest BCUT2D eigenvalue weighted by Crippen LogP contribution is -2.50. The molecule has 0 aromatic heterocycles. The first-order valence-electron chi connectivity index (χ1n) is 9.72. The summed E-state index contributed by atoms with van der Waals surface area (Å²) in [6, 6.07) is 14.5. The number of nitrogens with one attached hydrogen (secondary N) is 1. The van der Waals surface area contributed by atoms with E-state index in [2.05, 4.69) is 5.32 Å². The number of anilines is 1. The van der Waals surface area contributed by atoms with Crippen molar-refractivity contribution in [1.29, 1.82) is 0 Å². The van der Waals surface area contributed by atoms with Gasteiger partial charge in [-0.1, -0.05) is 24.3 Å². The van der Waals surface area contributed by atoms with Crippen LogP contribution in [0.2, 0.25) is 0 Å². The van der Waals surface area contributed by atoms with Gasteiger partial charge in [-0.15, -0.1) is 0 Å². The Morgan fingerprint density at radius 2 is 1.90 bits per heavy atom. The number of para-hydroxylation sites is 2. The van der Waals surface area contributed by atoms with Gasteiger partial charge in [0.25, 0.3) is 11.8 Å². The van der Waals surface area contributed by atoms with Crippen LogP contribution in [0.4, 0.5) is 5.69 Å². The lowest BCUT2D eigenvalue weighted by Gasteiger charge is -2.34. The van der Waals surface area contributed by atoms with Crippen LogP contribution in [0.25, 0.3) is 0 Å². The number of nitrogens with zero attached hydrogens (tertiary/aromatic N) is 2. The van der Waals surface area contributed by atoms with Crippen LogP contribution in [0.5, 0.6) is 5.75 Å². The minimum atomic E-state index is -0.765. The van der Waals surface area contributed by atoms with Gasteiger partial charge >= 0.3 is 0 Å². The zero-order chi connectivity index (χ0) is 20.4. The van der Waals surface area contributed by atoms with E-state index in [0.29, 0.717) is 30.0 Å². The second-order valence-electron chi connectivity index (χ2n) is 7.22. The van der Waals surface area contributed by atoms with Crippen LogP contribution in [0.15, 0.2) is 48.5 Å². The highest BCUT2D eigenvalue weighted by Gasteiger charge is 2.33. The summed E-state index contributed by atoms with van der Waals surface area (Å²) in [6.07, 6.45) is 0.747. The van der Waals surface area contributed by atoms with Crippen molar-refractivity contribution in [2.24, 2.45) is 0 Å². The molecule has 0 aliphatic carbocycles. The van der Waals surface area contributed by atoms with Crippen molar-refractivity contribution in [2.45, 2.75) is 25.5 Å². The van der Waals surface area contributed by atoms with E-state index in [1.807, 2.05) is 29.2 Å². The maximum Gasteiger partial charge on any atom is 0.262 e. The predicted octanol–water partition coefficient (Wildman–Crippen LogP) is 1.96. The third kappa shape index (κ3) is 3.81. The van der Waals surface area contributed by atoms with Crippen molar-refractivity contribution in [3.8, 4) is 5.75 Å². The molecule has 29 heavy (non-hydrogen) atoms. The van der Waals surface area contributed by atoms with Gasteiger partial charge in [0.2, 0.25) is 5.91 Å². The predicted molar refractivity (Wildman–Crippen MR) is 108 cm³/mol. The van der Waals surface area contributed by atoms with Crippen LogP contribution in [0.1, 0.15) is 28.8 Å². The van der Waals surface area contributed by atoms with E-state index in [4.69, 9.17) is 4.74 Å². The molecule has 3 amide bonds. The molecule has 0 bridgehead atoms. The number of hydrogen-bond donors (Lipinski definition) is 1. The summed E-state index contributed by atoms with van der Waals surface area (Å²) in [7, 11) is 1.54. The summed E-state index contributed by atoms with van der Waals surface area (Å²) in [5.74, 6) is 0.210. The number of benzene rings is 2. The first-order chi connectivity index (χ1) is 14.1. The first kappa shape index (κ1) is 19.0. The van der Waals surface area contributed by atoms with E-state index in [1.165, 1.54) is 0 Å². The molecule has 150 valence electrons. The van der Waals surface area contributed by atoms with Gasteiger partial charge in [-0.25, -0.2) is 0 Å². The molecule has 0 radical (unpaired) electrons. The molecule has 1 atom stereocenters. The minimum absolute atomic E-state index is 0.138. The molecule has 2 aliphatic heterocycles. The maximum absolute atomic E-state index is 13.2. The van der Waals surface area contributed by atoms with E-state index in [9.17, 15) is 14.4 Å². The van der Waals surface area contributed by atoms with Gasteiger partial charge in [0.1, 0.15) is 5.75 Å². The number of carbonyl (C=O) groups is 3. The SMILES string of the molecule is CNC(=O)[C@H]1CN(C(=O)c2ccc(CN3CCCC3=O)cc2)c2ccccc2O1. The van der Waals surface area contributed by atoms with Gasteiger partial charge < -0.3 is 19.9 Å². The topological polar surface area (TPSA) is 79.0 Å². The molecule has 0 unspecified atom stereocenters. The van der Waals surface area contributed by atoms with Gasteiger partial charge in [-0.3, -0.25) is 14.4 Å². The quantitative estimate of drug-likeness (QED) is 0.861. The zero-order valence-electron chi connectivity index (χ0n) is 16.3. The largest absolute Gasteiger partial charge is 0.477 e. The Hall–Kier alpha value is -3.35. The monoisotopic (exact) mass is 393 g/mol. The second-order valence-corrected chi connectivity index (χ2v) is 7.22. The van der Waals surface area contributed by atoms with Crippen LogP contribution in [-0.4, -0.2) is 48.9 Å². The molecule has 7 heteroatoms. The number of likely N-dealkylation sites (tertiary alicyclic amines) is 1. The van der Waals surface area contributed by atoms with Gasteiger partial charge in [-0.2, -0.15) is 0 Å². The molecule has 1 saturated heterocycles. The number of rotatable bonds is 4. The Kier molecular flexibility index (Phi) is 5.20. The Morgan fingerprint density at radius 1 is 1.14 bits per heavy atom. The third-order valence-corrected chi connectivity index (χ3v) is 5.30. The zero-order valence-corrected chi connectivity index (χ0v) is 16.3. The Morgan fingerprint density at radius 3 is 2.59 bits per heavy atom. The summed E-state index contributed by atoms with van der Waals surface area (Å²) in [6.45, 7) is 1.48. The molecule has 2 aliphatic rings. The average Bonchev–Trinajstić information content (AvgIpc) is 3.16. The summed E-state index contributed by atoms with van der Waals surface area (Å²) in [5, 5.41) is 2.58. The summed E-state index contributed by atoms with van der Waals surface area (Å²) < 4.78 is 5.76. The summed E-state index contributed by atoms with van der Waals surface area (Å²) >= 11 is 0. The summed E-state index contributed by atoms with van der Waals surface area (Å²) in [5.41, 5.74) is 2.15. The van der Waals surface area contributed by atoms with E-state index in [0.717, 1.165) is 18.5 Å². The molecule has 0 spiro atoms. The number of likely N-dealkylation sites (N-methyl/N-ethyl adjacent to an activating group) is 1. The molecule has 2 aromatic rings. The third-order valence-electron chi connectivity index (χ3n) is 5.30. The molecule has 1 fully saturated rings. The summed E-state index contributed by atoms with van der Waals surface area (Å²) in [4.78, 5) is 40.5. The molecule has 1 N–H and O–H groups in total. The number of ether oxygens (including phenoxy) is 1. The molecule has 0 saturated carbocycles. The van der Waals surface area contributed by atoms with Crippen LogP contribution in [-0.2, 0) is 16.1 Å². The fraction of sp³-hybridized carbons (Fsp3) is 0.318. The van der Waals surface area contributed by atoms with Crippen molar-refractivity contribution in [1.82, 2.24) is 10.2 Å². The number of hydrogen-bond acceptors (Lipinski definition) is 4. The van der Waals surface area contributed by atoms with Crippen LogP contribution < -0.4 is 15.0 Å². The van der Waals surface area contributed by atoms with E-state index < -0.39 is 6.10 Å². The number of fused-ring (bicyclic) bond motifs is 1. The van der Waals surface area contributed by atoms with Gasteiger partial charge in [0.15, 0.2) is 6.10 Å². The van der Waals surface area contributed by atoms with Crippen LogP contribution in [0.3, 0.4) is 0 Å². The highest BCUT2D eigenvalue weighted by molar-refractivity contribution is 6.07. The lowest BCUT2D eigenvalue weighted by molar-refractivity contribution is -0.128. The number of carbonyl (C=O) groups excluding carboxylic acids is 3. The molecule has 2 aromatic carbocycles. The molecule has 7 nitrogen and oxygen atoms in total. The molecular formula is C22H23N3O4. The average molecular weight is 393 g/mol. The van der Waals surface area contributed by atoms with Crippen molar-refractivity contribution >= 4 is 23.4 Å². The molecule has 2 heterocycles. The van der Waals surface area contributed by atoms with E-state index in [1.54, 1.807) is 36.2 Å². The van der Waals surface area contributed by atoms with Crippen molar-refractivity contribution in [3.63, 3.8) is 0 Å². The highest BCUT2D eigenvalue weighted by atomic mass is 16.5. The van der Waals surface area contributed by atoms with Crippen molar-refractivity contribution < 1.29 is 19.1 Å². The fourth-order valence-electron chi connectivity index (χ4n) is 3.72. The van der Waals surface area contributed by atoms with Crippen LogP contribution >= 0.6 is 0 Å². The lowest BCUT2D eigenvalue weighted by atomic mass is 10.1. The van der Waals surface area contributed by atoms with Gasteiger partial charge in [0.05, 0.1) is 12.2 Å². The minimum Gasteiger partial charge on any atom is -0.477 e. The normalized spacial score (nSPS) is 18.2. The van der Waals surface area contributed by atoms with Crippen molar-refractivity contribution in [2.75, 3.05) is 25.0 Å². The van der Waals surface area contributed by atoms with Gasteiger partial charge in [0, 0.05) is 32.1 Å². The first-order valence-corrected chi connectivity index (χ1v) is 9.72. The second kappa shape index (κ2) is 7.95. The van der Waals surface area contributed by atoms with Gasteiger partial charge in [-0.05, 0) is 36.2 Å². The highest BCUT2D eigenvalue weighted by Crippen LogP contribution is 2.34. The number of amides is 3. The smallest absolute Gasteiger partial charge is 0.262 e. The Bertz CT molecular complexity index is 941. The van der Waals surface area contributed by atoms with E-state index in [-0.39, 0.29) is 24.3 Å². The fourth-order valence-corrected chi connectivity index (χ4v) is 3.72. The standard InChI is InChI=1S/C22H23N3O4/c1-23-21(27)19-14-25(17-5-2-3-6-18(17)29-19)22(28)16-10-8-15(9-11-16)13-24-12-4-7-20(24)26/h2-3,5-6,8-11,19H,4,7,12-14H2,1H3,(H,23,27)/t19-/m1/s1. The van der Waals surface area contributed by atoms with Crippen molar-refractivity contribution in [3.05, 3.63) is 59.7 Å². The molecule has 4 rings (SSSR count). The Labute approximate surface area is 169 Å². The van der Waals surface area contributed by atoms with Crippen LogP contribution in [0, 0.1) is 0 Å². The Balaban J connectivity index is 1.55. The van der Waals surface area contributed by atoms with E-state index >= 15 is 0 Å². The maximum atomic E-state index is 13.2. The molecular weight excluding hydrogens is 370 g/mol.